The lowest BCUT2D eigenvalue weighted by molar-refractivity contribution is -0.143. The molecule has 0 bridgehead atoms. The Bertz CT molecular complexity index is 978. The number of imide groups is 2. The molecule has 1 aliphatic heterocycles. The summed E-state index contributed by atoms with van der Waals surface area (Å²) in [5, 5.41) is 0. The Morgan fingerprint density at radius 1 is 0.933 bits per heavy atom. The Labute approximate surface area is 176 Å². The van der Waals surface area contributed by atoms with Crippen LogP contribution < -0.4 is 0 Å². The highest BCUT2D eigenvalue weighted by atomic mass is 16.2. The third-order valence-electron chi connectivity index (χ3n) is 5.51. The van der Waals surface area contributed by atoms with Gasteiger partial charge in [0.1, 0.15) is 0 Å². The van der Waals surface area contributed by atoms with Crippen molar-refractivity contribution in [3.8, 4) is 0 Å². The SMILES string of the molecule is CCCCN1C(=O)C(=O)N(CC(=O)c2cc(C)n(CCc3ccccc3)c2C)C1=O. The summed E-state index contributed by atoms with van der Waals surface area (Å²) >= 11 is 0. The molecule has 0 spiro atoms. The van der Waals surface area contributed by atoms with Crippen LogP contribution in [0, 0.1) is 13.8 Å². The second-order valence-electron chi connectivity index (χ2n) is 7.58. The molecule has 7 heteroatoms. The van der Waals surface area contributed by atoms with Gasteiger partial charge in [-0.05, 0) is 38.3 Å². The van der Waals surface area contributed by atoms with E-state index in [-0.39, 0.29) is 12.3 Å². The number of Topliss-reactive ketones (excluding diaryl/α,β-unsaturated/α-hetero) is 1. The van der Waals surface area contributed by atoms with Crippen molar-refractivity contribution >= 4 is 23.6 Å². The molecule has 0 saturated carbocycles. The molecule has 30 heavy (non-hydrogen) atoms. The summed E-state index contributed by atoms with van der Waals surface area (Å²) in [6.45, 7) is 6.21. The predicted octanol–water partition coefficient (Wildman–Crippen LogP) is 3.12. The van der Waals surface area contributed by atoms with Crippen LogP contribution in [0.4, 0.5) is 4.79 Å². The number of carbonyl (C=O) groups is 4. The molecule has 158 valence electrons. The quantitative estimate of drug-likeness (QED) is 0.362. The van der Waals surface area contributed by atoms with Gasteiger partial charge in [0.05, 0.1) is 6.54 Å². The molecule has 4 amide bonds. The smallest absolute Gasteiger partial charge is 0.334 e. The number of urea groups is 1. The van der Waals surface area contributed by atoms with Crippen LogP contribution in [0.15, 0.2) is 36.4 Å². The number of aryl methyl sites for hydroxylation is 2. The highest BCUT2D eigenvalue weighted by Gasteiger charge is 2.44. The molecule has 2 heterocycles. The van der Waals surface area contributed by atoms with E-state index < -0.39 is 24.4 Å². The molecule has 2 aromatic rings. The maximum atomic E-state index is 12.9. The highest BCUT2D eigenvalue weighted by molar-refractivity contribution is 6.45. The summed E-state index contributed by atoms with van der Waals surface area (Å²) in [6, 6.07) is 11.2. The number of nitrogens with zero attached hydrogens (tertiary/aromatic N) is 3. The minimum atomic E-state index is -0.928. The molecule has 1 aliphatic rings. The van der Waals surface area contributed by atoms with Crippen molar-refractivity contribution in [2.45, 2.75) is 46.6 Å². The number of amides is 4. The van der Waals surface area contributed by atoms with Gasteiger partial charge in [-0.1, -0.05) is 43.7 Å². The number of hydrogen-bond donors (Lipinski definition) is 0. The number of aromatic nitrogens is 1. The fraction of sp³-hybridized carbons (Fsp3) is 0.391. The van der Waals surface area contributed by atoms with E-state index in [4.69, 9.17) is 0 Å². The Kier molecular flexibility index (Phi) is 6.50. The van der Waals surface area contributed by atoms with Crippen LogP contribution in [0.5, 0.6) is 0 Å². The van der Waals surface area contributed by atoms with Crippen LogP contribution in [0.25, 0.3) is 0 Å². The molecule has 1 saturated heterocycles. The van der Waals surface area contributed by atoms with Crippen molar-refractivity contribution in [3.05, 3.63) is 58.9 Å². The van der Waals surface area contributed by atoms with Crippen LogP contribution in [0.2, 0.25) is 0 Å². The summed E-state index contributed by atoms with van der Waals surface area (Å²) in [4.78, 5) is 51.4. The molecule has 1 fully saturated rings. The van der Waals surface area contributed by atoms with E-state index in [1.54, 1.807) is 6.07 Å². The minimum absolute atomic E-state index is 0.193. The standard InChI is InChI=1S/C23H27N3O4/c1-4-5-12-25-21(28)22(29)26(23(25)30)15-20(27)19-14-16(2)24(17(19)3)13-11-18-9-7-6-8-10-18/h6-10,14H,4-5,11-13,15H2,1-3H3. The van der Waals surface area contributed by atoms with Crippen molar-refractivity contribution < 1.29 is 19.2 Å². The van der Waals surface area contributed by atoms with Crippen molar-refractivity contribution in [3.63, 3.8) is 0 Å². The van der Waals surface area contributed by atoms with Gasteiger partial charge >= 0.3 is 17.8 Å². The first-order valence-corrected chi connectivity index (χ1v) is 10.3. The van der Waals surface area contributed by atoms with Gasteiger partial charge in [0.15, 0.2) is 5.78 Å². The van der Waals surface area contributed by atoms with Crippen LogP contribution in [-0.4, -0.2) is 51.1 Å². The van der Waals surface area contributed by atoms with Crippen molar-refractivity contribution in [2.24, 2.45) is 0 Å². The van der Waals surface area contributed by atoms with E-state index in [2.05, 4.69) is 16.7 Å². The van der Waals surface area contributed by atoms with Gasteiger partial charge in [-0.25, -0.2) is 9.69 Å². The van der Waals surface area contributed by atoms with Crippen molar-refractivity contribution in [1.29, 1.82) is 0 Å². The van der Waals surface area contributed by atoms with E-state index >= 15 is 0 Å². The number of hydrogen-bond acceptors (Lipinski definition) is 4. The lowest BCUT2D eigenvalue weighted by Crippen LogP contribution is -2.37. The average Bonchev–Trinajstić information content (AvgIpc) is 3.13. The molecule has 7 nitrogen and oxygen atoms in total. The average molecular weight is 409 g/mol. The molecule has 0 radical (unpaired) electrons. The molecule has 0 aliphatic carbocycles. The largest absolute Gasteiger partial charge is 0.348 e. The van der Waals surface area contributed by atoms with E-state index in [1.807, 2.05) is 39.0 Å². The Morgan fingerprint density at radius 2 is 1.60 bits per heavy atom. The molecule has 0 unspecified atom stereocenters. The lowest BCUT2D eigenvalue weighted by Gasteiger charge is -2.15. The maximum absolute atomic E-state index is 12.9. The summed E-state index contributed by atoms with van der Waals surface area (Å²) < 4.78 is 2.06. The maximum Gasteiger partial charge on any atom is 0.334 e. The van der Waals surface area contributed by atoms with Gasteiger partial charge in [-0.15, -0.1) is 0 Å². The van der Waals surface area contributed by atoms with Crippen LogP contribution in [-0.2, 0) is 22.6 Å². The fourth-order valence-corrected chi connectivity index (χ4v) is 3.75. The molecule has 0 atom stereocenters. The zero-order valence-electron chi connectivity index (χ0n) is 17.7. The topological polar surface area (TPSA) is 79.7 Å². The number of rotatable bonds is 9. The predicted molar refractivity (Wildman–Crippen MR) is 112 cm³/mol. The molecular formula is C23H27N3O4. The number of unbranched alkanes of at least 4 members (excludes halogenated alkanes) is 1. The third-order valence-corrected chi connectivity index (χ3v) is 5.51. The van der Waals surface area contributed by atoms with E-state index in [1.165, 1.54) is 5.56 Å². The number of ketones is 1. The summed E-state index contributed by atoms with van der Waals surface area (Å²) in [6.07, 6.45) is 2.24. The van der Waals surface area contributed by atoms with Crippen molar-refractivity contribution in [2.75, 3.05) is 13.1 Å². The summed E-state index contributed by atoms with van der Waals surface area (Å²) in [7, 11) is 0. The van der Waals surface area contributed by atoms with Crippen LogP contribution >= 0.6 is 0 Å². The fourth-order valence-electron chi connectivity index (χ4n) is 3.75. The zero-order valence-corrected chi connectivity index (χ0v) is 17.7. The number of carbonyl (C=O) groups excluding carboxylic acids is 4. The monoisotopic (exact) mass is 409 g/mol. The molecule has 3 rings (SSSR count). The first-order valence-electron chi connectivity index (χ1n) is 10.3. The Morgan fingerprint density at radius 3 is 2.27 bits per heavy atom. The van der Waals surface area contributed by atoms with E-state index in [0.29, 0.717) is 12.0 Å². The van der Waals surface area contributed by atoms with Gasteiger partial charge in [0.25, 0.3) is 0 Å². The lowest BCUT2D eigenvalue weighted by atomic mass is 10.1. The highest BCUT2D eigenvalue weighted by Crippen LogP contribution is 2.19. The second kappa shape index (κ2) is 9.07. The first-order chi connectivity index (χ1) is 14.3. The van der Waals surface area contributed by atoms with E-state index in [0.717, 1.165) is 40.6 Å². The van der Waals surface area contributed by atoms with Gasteiger partial charge in [-0.2, -0.15) is 0 Å². The second-order valence-corrected chi connectivity index (χ2v) is 7.58. The van der Waals surface area contributed by atoms with Crippen LogP contribution in [0.3, 0.4) is 0 Å². The minimum Gasteiger partial charge on any atom is -0.348 e. The van der Waals surface area contributed by atoms with Crippen LogP contribution in [0.1, 0.15) is 47.1 Å². The van der Waals surface area contributed by atoms with Crippen molar-refractivity contribution in [1.82, 2.24) is 14.4 Å². The Hall–Kier alpha value is -3.22. The van der Waals surface area contributed by atoms with Gasteiger partial charge in [0.2, 0.25) is 0 Å². The van der Waals surface area contributed by atoms with Gasteiger partial charge < -0.3 is 4.57 Å². The number of benzene rings is 1. The molecular weight excluding hydrogens is 382 g/mol. The third kappa shape index (κ3) is 4.20. The molecule has 1 aromatic carbocycles. The normalized spacial score (nSPS) is 14.2. The van der Waals surface area contributed by atoms with Gasteiger partial charge in [0, 0.05) is 30.0 Å². The molecule has 1 aromatic heterocycles. The Balaban J connectivity index is 1.72. The van der Waals surface area contributed by atoms with E-state index in [9.17, 15) is 19.2 Å². The summed E-state index contributed by atoms with van der Waals surface area (Å²) in [5.74, 6) is -2.13. The summed E-state index contributed by atoms with van der Waals surface area (Å²) in [5.41, 5.74) is 3.41. The zero-order chi connectivity index (χ0) is 21.8. The molecule has 0 N–H and O–H groups in total. The van der Waals surface area contributed by atoms with Gasteiger partial charge in [-0.3, -0.25) is 19.3 Å². The first kappa shape index (κ1) is 21.5.